The smallest absolute Gasteiger partial charge is 0.289 e. The number of piperazine rings is 1. The molecule has 0 spiro atoms. The van der Waals surface area contributed by atoms with E-state index in [0.717, 1.165) is 5.56 Å². The molecule has 172 valence electrons. The SMILES string of the molecule is CC(C)(C)c1ccc(CCC(=O)N2CCN(S(=O)(=O)c3ccccc3[N+](=O)[O-])CC2)cc1. The van der Waals surface area contributed by atoms with Crippen LogP contribution in [0.25, 0.3) is 0 Å². The lowest BCUT2D eigenvalue weighted by atomic mass is 9.86. The third-order valence-electron chi connectivity index (χ3n) is 5.72. The quantitative estimate of drug-likeness (QED) is 0.487. The summed E-state index contributed by atoms with van der Waals surface area (Å²) in [6.07, 6.45) is 0.976. The van der Waals surface area contributed by atoms with Gasteiger partial charge in [0.2, 0.25) is 15.9 Å². The molecule has 3 rings (SSSR count). The van der Waals surface area contributed by atoms with E-state index in [2.05, 4.69) is 32.9 Å². The van der Waals surface area contributed by atoms with Crippen LogP contribution < -0.4 is 0 Å². The van der Waals surface area contributed by atoms with Crippen LogP contribution in [0.3, 0.4) is 0 Å². The van der Waals surface area contributed by atoms with E-state index < -0.39 is 20.6 Å². The molecule has 1 heterocycles. The van der Waals surface area contributed by atoms with Crippen LogP contribution in [0.1, 0.15) is 38.3 Å². The summed E-state index contributed by atoms with van der Waals surface area (Å²) in [5.41, 5.74) is 1.96. The van der Waals surface area contributed by atoms with Gasteiger partial charge in [0.15, 0.2) is 4.90 Å². The largest absolute Gasteiger partial charge is 0.340 e. The Labute approximate surface area is 189 Å². The highest BCUT2D eigenvalue weighted by atomic mass is 32.2. The fourth-order valence-electron chi connectivity index (χ4n) is 3.72. The summed E-state index contributed by atoms with van der Waals surface area (Å²) in [5.74, 6) is -0.0207. The van der Waals surface area contributed by atoms with Gasteiger partial charge < -0.3 is 4.90 Å². The van der Waals surface area contributed by atoms with Crippen molar-refractivity contribution < 1.29 is 18.1 Å². The fourth-order valence-corrected chi connectivity index (χ4v) is 5.30. The molecule has 0 radical (unpaired) electrons. The number of carbonyl (C=O) groups is 1. The highest BCUT2D eigenvalue weighted by Gasteiger charge is 2.34. The number of carbonyl (C=O) groups excluding carboxylic acids is 1. The number of benzene rings is 2. The van der Waals surface area contributed by atoms with Crippen LogP contribution in [-0.4, -0.2) is 54.6 Å². The molecule has 9 heteroatoms. The zero-order valence-electron chi connectivity index (χ0n) is 18.7. The minimum atomic E-state index is -4.00. The number of para-hydroxylation sites is 1. The van der Waals surface area contributed by atoms with Crippen molar-refractivity contribution in [1.82, 2.24) is 9.21 Å². The molecule has 0 N–H and O–H groups in total. The summed E-state index contributed by atoms with van der Waals surface area (Å²) >= 11 is 0. The van der Waals surface area contributed by atoms with Gasteiger partial charge in [-0.25, -0.2) is 8.42 Å². The molecule has 2 aromatic carbocycles. The molecule has 0 aromatic heterocycles. The van der Waals surface area contributed by atoms with Crippen molar-refractivity contribution >= 4 is 21.6 Å². The third-order valence-corrected chi connectivity index (χ3v) is 7.66. The van der Waals surface area contributed by atoms with E-state index in [1.54, 1.807) is 4.90 Å². The number of hydrogen-bond donors (Lipinski definition) is 0. The maximum atomic E-state index is 12.9. The lowest BCUT2D eigenvalue weighted by Crippen LogP contribution is -2.50. The summed E-state index contributed by atoms with van der Waals surface area (Å²) in [6, 6.07) is 13.6. The summed E-state index contributed by atoms with van der Waals surface area (Å²) in [6.45, 7) is 7.22. The van der Waals surface area contributed by atoms with Gasteiger partial charge in [0.1, 0.15) is 0 Å². The van der Waals surface area contributed by atoms with Gasteiger partial charge in [-0.05, 0) is 29.0 Å². The van der Waals surface area contributed by atoms with Crippen LogP contribution in [0.4, 0.5) is 5.69 Å². The van der Waals surface area contributed by atoms with E-state index >= 15 is 0 Å². The molecule has 0 unspecified atom stereocenters. The molecule has 1 saturated heterocycles. The van der Waals surface area contributed by atoms with Gasteiger partial charge in [0.05, 0.1) is 4.92 Å². The Kier molecular flexibility index (Phi) is 7.00. The number of hydrogen-bond acceptors (Lipinski definition) is 5. The van der Waals surface area contributed by atoms with Gasteiger partial charge in [0.25, 0.3) is 5.69 Å². The van der Waals surface area contributed by atoms with Gasteiger partial charge in [-0.1, -0.05) is 57.2 Å². The fraction of sp³-hybridized carbons (Fsp3) is 0.435. The monoisotopic (exact) mass is 459 g/mol. The van der Waals surface area contributed by atoms with E-state index in [0.29, 0.717) is 12.8 Å². The topological polar surface area (TPSA) is 101 Å². The standard InChI is InChI=1S/C23H29N3O5S/c1-23(2,3)19-11-8-18(9-12-19)10-13-22(27)24-14-16-25(17-15-24)32(30,31)21-7-5-4-6-20(21)26(28)29/h4-9,11-12H,10,13-17H2,1-3H3. The Morgan fingerprint density at radius 1 is 1.00 bits per heavy atom. The zero-order valence-corrected chi connectivity index (χ0v) is 19.5. The van der Waals surface area contributed by atoms with Gasteiger partial charge >= 0.3 is 0 Å². The minimum absolute atomic E-state index is 0.0207. The van der Waals surface area contributed by atoms with E-state index in [1.165, 1.54) is 34.1 Å². The summed E-state index contributed by atoms with van der Waals surface area (Å²) in [7, 11) is -4.00. The van der Waals surface area contributed by atoms with Crippen LogP contribution in [0.2, 0.25) is 0 Å². The van der Waals surface area contributed by atoms with Gasteiger partial charge in [-0.15, -0.1) is 0 Å². The van der Waals surface area contributed by atoms with Crippen LogP contribution >= 0.6 is 0 Å². The minimum Gasteiger partial charge on any atom is -0.340 e. The number of nitrogens with zero attached hydrogens (tertiary/aromatic N) is 3. The van der Waals surface area contributed by atoms with Crippen molar-refractivity contribution in [2.24, 2.45) is 0 Å². The van der Waals surface area contributed by atoms with E-state index in [1.807, 2.05) is 12.1 Å². The van der Waals surface area contributed by atoms with Crippen molar-refractivity contribution in [2.45, 2.75) is 43.9 Å². The van der Waals surface area contributed by atoms with E-state index in [4.69, 9.17) is 0 Å². The molecule has 2 aromatic rings. The summed E-state index contributed by atoms with van der Waals surface area (Å²) < 4.78 is 27.0. The number of amides is 1. The molecule has 0 bridgehead atoms. The predicted molar refractivity (Wildman–Crippen MR) is 122 cm³/mol. The molecular weight excluding hydrogens is 430 g/mol. The highest BCUT2D eigenvalue weighted by Crippen LogP contribution is 2.27. The van der Waals surface area contributed by atoms with Crippen molar-refractivity contribution in [3.63, 3.8) is 0 Å². The lowest BCUT2D eigenvalue weighted by molar-refractivity contribution is -0.387. The van der Waals surface area contributed by atoms with Crippen molar-refractivity contribution in [3.8, 4) is 0 Å². The Morgan fingerprint density at radius 2 is 1.59 bits per heavy atom. The Hall–Kier alpha value is -2.78. The van der Waals surface area contributed by atoms with Crippen LogP contribution in [0, 0.1) is 10.1 Å². The van der Waals surface area contributed by atoms with E-state index in [-0.39, 0.29) is 42.4 Å². The first kappa shape index (κ1) is 23.9. The van der Waals surface area contributed by atoms with Crippen molar-refractivity contribution in [3.05, 3.63) is 69.8 Å². The Bertz CT molecular complexity index is 1080. The molecule has 1 fully saturated rings. The first-order valence-electron chi connectivity index (χ1n) is 10.6. The van der Waals surface area contributed by atoms with Crippen LogP contribution in [0.5, 0.6) is 0 Å². The van der Waals surface area contributed by atoms with Gasteiger partial charge in [-0.2, -0.15) is 4.31 Å². The second kappa shape index (κ2) is 9.38. The average Bonchev–Trinajstić information content (AvgIpc) is 2.77. The molecule has 0 atom stereocenters. The summed E-state index contributed by atoms with van der Waals surface area (Å²) in [4.78, 5) is 24.5. The zero-order chi connectivity index (χ0) is 23.5. The maximum absolute atomic E-state index is 12.9. The number of sulfonamides is 1. The molecule has 0 saturated carbocycles. The molecule has 0 aliphatic carbocycles. The molecular formula is C23H29N3O5S. The molecule has 1 amide bonds. The number of nitro groups is 1. The second-order valence-electron chi connectivity index (χ2n) is 8.96. The highest BCUT2D eigenvalue weighted by molar-refractivity contribution is 7.89. The number of rotatable bonds is 6. The molecule has 8 nitrogen and oxygen atoms in total. The van der Waals surface area contributed by atoms with Crippen LogP contribution in [-0.2, 0) is 26.7 Å². The number of nitro benzene ring substituents is 1. The second-order valence-corrected chi connectivity index (χ2v) is 10.9. The number of aryl methyl sites for hydroxylation is 1. The lowest BCUT2D eigenvalue weighted by Gasteiger charge is -2.34. The third kappa shape index (κ3) is 5.34. The normalized spacial score (nSPS) is 15.5. The first-order valence-corrected chi connectivity index (χ1v) is 12.0. The Morgan fingerprint density at radius 3 is 2.16 bits per heavy atom. The van der Waals surface area contributed by atoms with Gasteiger partial charge in [-0.3, -0.25) is 14.9 Å². The van der Waals surface area contributed by atoms with E-state index in [9.17, 15) is 23.3 Å². The first-order chi connectivity index (χ1) is 15.0. The molecule has 1 aliphatic heterocycles. The maximum Gasteiger partial charge on any atom is 0.289 e. The van der Waals surface area contributed by atoms with Crippen molar-refractivity contribution in [1.29, 1.82) is 0 Å². The molecule has 1 aliphatic rings. The van der Waals surface area contributed by atoms with Crippen LogP contribution in [0.15, 0.2) is 53.4 Å². The molecule has 32 heavy (non-hydrogen) atoms. The average molecular weight is 460 g/mol. The predicted octanol–water partition coefficient (Wildman–Crippen LogP) is 3.36. The van der Waals surface area contributed by atoms with Crippen molar-refractivity contribution in [2.75, 3.05) is 26.2 Å². The Balaban J connectivity index is 1.57. The summed E-state index contributed by atoms with van der Waals surface area (Å²) in [5, 5.41) is 11.2. The van der Waals surface area contributed by atoms with Gasteiger partial charge in [0, 0.05) is 38.7 Å².